The molecule has 5 nitrogen and oxygen atoms in total. The SMILES string of the molecule is CN(C)C(=O)CN(C)c1cc(N)ccn1. The van der Waals surface area contributed by atoms with E-state index in [1.807, 2.05) is 7.05 Å². The first-order valence-corrected chi connectivity index (χ1v) is 4.63. The topological polar surface area (TPSA) is 62.5 Å². The molecular formula is C10H16N4O. The fourth-order valence-electron chi connectivity index (χ4n) is 1.07. The number of nitrogens with zero attached hydrogens (tertiary/aromatic N) is 3. The van der Waals surface area contributed by atoms with Crippen LogP contribution in [-0.2, 0) is 4.79 Å². The highest BCUT2D eigenvalue weighted by Gasteiger charge is 2.09. The third-order valence-corrected chi connectivity index (χ3v) is 2.03. The molecule has 2 N–H and O–H groups in total. The smallest absolute Gasteiger partial charge is 0.241 e. The Morgan fingerprint density at radius 3 is 2.67 bits per heavy atom. The Hall–Kier alpha value is -1.78. The molecule has 5 heteroatoms. The Kier molecular flexibility index (Phi) is 3.49. The number of hydrogen-bond donors (Lipinski definition) is 1. The summed E-state index contributed by atoms with van der Waals surface area (Å²) in [7, 11) is 5.26. The van der Waals surface area contributed by atoms with Crippen molar-refractivity contribution in [2.75, 3.05) is 38.3 Å². The van der Waals surface area contributed by atoms with Gasteiger partial charge >= 0.3 is 0 Å². The van der Waals surface area contributed by atoms with E-state index in [1.54, 1.807) is 42.2 Å². The first kappa shape index (κ1) is 11.3. The first-order chi connectivity index (χ1) is 7.00. The maximum atomic E-state index is 11.4. The molecule has 1 aromatic heterocycles. The van der Waals surface area contributed by atoms with Gasteiger partial charge in [-0.05, 0) is 6.07 Å². The van der Waals surface area contributed by atoms with E-state index in [9.17, 15) is 4.79 Å². The Labute approximate surface area is 89.5 Å². The van der Waals surface area contributed by atoms with Crippen molar-refractivity contribution in [3.8, 4) is 0 Å². The molecule has 0 atom stereocenters. The van der Waals surface area contributed by atoms with E-state index in [0.29, 0.717) is 18.1 Å². The summed E-state index contributed by atoms with van der Waals surface area (Å²) in [4.78, 5) is 18.9. The highest BCUT2D eigenvalue weighted by atomic mass is 16.2. The van der Waals surface area contributed by atoms with Crippen molar-refractivity contribution in [2.24, 2.45) is 0 Å². The van der Waals surface area contributed by atoms with Gasteiger partial charge in [0.25, 0.3) is 0 Å². The van der Waals surface area contributed by atoms with Crippen molar-refractivity contribution in [2.45, 2.75) is 0 Å². The van der Waals surface area contributed by atoms with Gasteiger partial charge in [-0.25, -0.2) is 4.98 Å². The summed E-state index contributed by atoms with van der Waals surface area (Å²) in [6, 6.07) is 3.45. The molecule has 0 saturated heterocycles. The summed E-state index contributed by atoms with van der Waals surface area (Å²) in [6.45, 7) is 0.295. The van der Waals surface area contributed by atoms with Gasteiger partial charge in [0.2, 0.25) is 5.91 Å². The lowest BCUT2D eigenvalue weighted by Crippen LogP contribution is -2.34. The molecule has 0 aliphatic heterocycles. The number of nitrogen functional groups attached to an aromatic ring is 1. The number of nitrogens with two attached hydrogens (primary N) is 1. The van der Waals surface area contributed by atoms with Crippen LogP contribution in [0.3, 0.4) is 0 Å². The van der Waals surface area contributed by atoms with Crippen molar-refractivity contribution in [1.82, 2.24) is 9.88 Å². The molecule has 0 saturated carbocycles. The standard InChI is InChI=1S/C10H16N4O/c1-13(2)10(15)7-14(3)9-6-8(11)4-5-12-9/h4-6H,7H2,1-3H3,(H2,11,12). The molecule has 1 rings (SSSR count). The molecule has 0 unspecified atom stereocenters. The van der Waals surface area contributed by atoms with Crippen molar-refractivity contribution in [1.29, 1.82) is 0 Å². The maximum absolute atomic E-state index is 11.4. The number of hydrogen-bond acceptors (Lipinski definition) is 4. The zero-order valence-corrected chi connectivity index (χ0v) is 9.27. The summed E-state index contributed by atoms with van der Waals surface area (Å²) in [5.41, 5.74) is 6.27. The number of pyridine rings is 1. The molecule has 82 valence electrons. The van der Waals surface area contributed by atoms with Crippen LogP contribution < -0.4 is 10.6 Å². The molecule has 0 aliphatic rings. The van der Waals surface area contributed by atoms with Crippen LogP contribution >= 0.6 is 0 Å². The molecule has 0 aromatic carbocycles. The van der Waals surface area contributed by atoms with E-state index >= 15 is 0 Å². The van der Waals surface area contributed by atoms with Crippen LogP contribution in [0.1, 0.15) is 0 Å². The minimum absolute atomic E-state index is 0.0294. The highest BCUT2D eigenvalue weighted by Crippen LogP contribution is 2.11. The monoisotopic (exact) mass is 208 g/mol. The summed E-state index contributed by atoms with van der Waals surface area (Å²) < 4.78 is 0. The quantitative estimate of drug-likeness (QED) is 0.770. The van der Waals surface area contributed by atoms with Crippen molar-refractivity contribution in [3.63, 3.8) is 0 Å². The molecule has 1 aromatic rings. The Balaban J connectivity index is 2.69. The molecule has 0 fully saturated rings. The van der Waals surface area contributed by atoms with Gasteiger partial charge in [0.1, 0.15) is 5.82 Å². The highest BCUT2D eigenvalue weighted by molar-refractivity contribution is 5.80. The molecule has 0 spiro atoms. The van der Waals surface area contributed by atoms with E-state index < -0.39 is 0 Å². The largest absolute Gasteiger partial charge is 0.399 e. The van der Waals surface area contributed by atoms with Crippen molar-refractivity contribution < 1.29 is 4.79 Å². The van der Waals surface area contributed by atoms with Crippen molar-refractivity contribution >= 4 is 17.4 Å². The third-order valence-electron chi connectivity index (χ3n) is 2.03. The lowest BCUT2D eigenvalue weighted by Gasteiger charge is -2.20. The van der Waals surface area contributed by atoms with E-state index in [0.717, 1.165) is 0 Å². The van der Waals surface area contributed by atoms with E-state index in [2.05, 4.69) is 4.98 Å². The predicted molar refractivity (Wildman–Crippen MR) is 60.6 cm³/mol. The van der Waals surface area contributed by atoms with E-state index in [4.69, 9.17) is 5.73 Å². The Morgan fingerprint density at radius 1 is 1.47 bits per heavy atom. The van der Waals surface area contributed by atoms with Gasteiger partial charge in [-0.15, -0.1) is 0 Å². The first-order valence-electron chi connectivity index (χ1n) is 4.63. The second-order valence-corrected chi connectivity index (χ2v) is 3.59. The number of rotatable bonds is 3. The van der Waals surface area contributed by atoms with Gasteiger partial charge in [0, 0.05) is 39.1 Å². The molecule has 0 bridgehead atoms. The van der Waals surface area contributed by atoms with Crippen LogP contribution in [-0.4, -0.2) is 43.5 Å². The van der Waals surface area contributed by atoms with Crippen LogP contribution in [0.2, 0.25) is 0 Å². The molecule has 0 radical (unpaired) electrons. The van der Waals surface area contributed by atoms with Gasteiger partial charge in [0.15, 0.2) is 0 Å². The van der Waals surface area contributed by atoms with Gasteiger partial charge in [0.05, 0.1) is 6.54 Å². The summed E-state index contributed by atoms with van der Waals surface area (Å²) in [5.74, 6) is 0.729. The van der Waals surface area contributed by atoms with Crippen LogP contribution in [0.4, 0.5) is 11.5 Å². The molecule has 15 heavy (non-hydrogen) atoms. The van der Waals surface area contributed by atoms with Gasteiger partial charge in [-0.3, -0.25) is 4.79 Å². The summed E-state index contributed by atoms with van der Waals surface area (Å²) in [6.07, 6.45) is 1.63. The average molecular weight is 208 g/mol. The zero-order valence-electron chi connectivity index (χ0n) is 9.27. The number of likely N-dealkylation sites (N-methyl/N-ethyl adjacent to an activating group) is 2. The number of aromatic nitrogens is 1. The normalized spacial score (nSPS) is 9.80. The molecule has 0 aliphatic carbocycles. The fraction of sp³-hybridized carbons (Fsp3) is 0.400. The second kappa shape index (κ2) is 4.63. The second-order valence-electron chi connectivity index (χ2n) is 3.59. The van der Waals surface area contributed by atoms with Crippen LogP contribution in [0.25, 0.3) is 0 Å². The average Bonchev–Trinajstić information content (AvgIpc) is 2.17. The van der Waals surface area contributed by atoms with E-state index in [1.165, 1.54) is 0 Å². The summed E-state index contributed by atoms with van der Waals surface area (Å²) >= 11 is 0. The van der Waals surface area contributed by atoms with Gasteiger partial charge in [-0.2, -0.15) is 0 Å². The fourth-order valence-corrected chi connectivity index (χ4v) is 1.07. The van der Waals surface area contributed by atoms with Gasteiger partial charge < -0.3 is 15.5 Å². The third kappa shape index (κ3) is 3.12. The number of anilines is 2. The minimum atomic E-state index is 0.0294. The number of carbonyl (C=O) groups is 1. The summed E-state index contributed by atoms with van der Waals surface area (Å²) in [5, 5.41) is 0. The lowest BCUT2D eigenvalue weighted by atomic mass is 10.3. The number of amides is 1. The predicted octanol–water partition coefficient (Wildman–Crippen LogP) is 0.188. The van der Waals surface area contributed by atoms with Crippen LogP contribution in [0, 0.1) is 0 Å². The van der Waals surface area contributed by atoms with Crippen molar-refractivity contribution in [3.05, 3.63) is 18.3 Å². The van der Waals surface area contributed by atoms with Crippen LogP contribution in [0.5, 0.6) is 0 Å². The van der Waals surface area contributed by atoms with Crippen LogP contribution in [0.15, 0.2) is 18.3 Å². The minimum Gasteiger partial charge on any atom is -0.399 e. The Bertz CT molecular complexity index is 351. The molecular weight excluding hydrogens is 192 g/mol. The Morgan fingerprint density at radius 2 is 2.13 bits per heavy atom. The lowest BCUT2D eigenvalue weighted by molar-refractivity contribution is -0.127. The molecule has 1 heterocycles. The molecule has 1 amide bonds. The van der Waals surface area contributed by atoms with Gasteiger partial charge in [-0.1, -0.05) is 0 Å². The number of carbonyl (C=O) groups excluding carboxylic acids is 1. The van der Waals surface area contributed by atoms with E-state index in [-0.39, 0.29) is 5.91 Å². The maximum Gasteiger partial charge on any atom is 0.241 e. The zero-order chi connectivity index (χ0) is 11.4.